The zero-order chi connectivity index (χ0) is 20.5. The summed E-state index contributed by atoms with van der Waals surface area (Å²) in [6, 6.07) is 19.1. The Morgan fingerprint density at radius 2 is 2.00 bits per heavy atom. The van der Waals surface area contributed by atoms with Crippen molar-refractivity contribution in [2.75, 3.05) is 11.9 Å². The van der Waals surface area contributed by atoms with Gasteiger partial charge in [0.2, 0.25) is 0 Å². The maximum absolute atomic E-state index is 12.7. The zero-order valence-corrected chi connectivity index (χ0v) is 16.3. The molecule has 0 aliphatic rings. The molecule has 148 valence electrons. The second-order valence-electron chi connectivity index (χ2n) is 6.83. The molecule has 0 atom stereocenters. The largest absolute Gasteiger partial charge is 0.494 e. The summed E-state index contributed by atoms with van der Waals surface area (Å²) in [6.45, 7) is 2.53. The number of nitrogens with zero attached hydrogens (tertiary/aromatic N) is 3. The first-order valence-corrected chi connectivity index (χ1v) is 9.67. The summed E-state index contributed by atoms with van der Waals surface area (Å²) in [5.74, 6) is 1.27. The average molecular weight is 397 g/mol. The van der Waals surface area contributed by atoms with E-state index >= 15 is 0 Å². The summed E-state index contributed by atoms with van der Waals surface area (Å²) in [5, 5.41) is 3.83. The number of hydrogen-bond donors (Lipinski definition) is 2. The lowest BCUT2D eigenvalue weighted by atomic mass is 10.2. The number of amides is 1. The molecule has 0 unspecified atom stereocenters. The van der Waals surface area contributed by atoms with Crippen molar-refractivity contribution in [2.45, 2.75) is 6.92 Å². The van der Waals surface area contributed by atoms with Crippen molar-refractivity contribution in [3.05, 3.63) is 78.9 Å². The van der Waals surface area contributed by atoms with Gasteiger partial charge in [-0.15, -0.1) is 0 Å². The van der Waals surface area contributed by atoms with Gasteiger partial charge in [0, 0.05) is 17.0 Å². The van der Waals surface area contributed by atoms with Gasteiger partial charge in [-0.3, -0.25) is 9.36 Å². The number of H-pyrrole nitrogens is 1. The number of anilines is 1. The van der Waals surface area contributed by atoms with Crippen LogP contribution in [-0.4, -0.2) is 32.0 Å². The Balaban J connectivity index is 1.35. The molecule has 0 fully saturated rings. The number of aromatic nitrogens is 4. The summed E-state index contributed by atoms with van der Waals surface area (Å²) in [6.07, 6.45) is 3.38. The van der Waals surface area contributed by atoms with Crippen LogP contribution in [-0.2, 0) is 0 Å². The molecule has 1 amide bonds. The van der Waals surface area contributed by atoms with E-state index in [1.54, 1.807) is 12.5 Å². The number of para-hydroxylation sites is 2. The van der Waals surface area contributed by atoms with Crippen molar-refractivity contribution in [3.8, 4) is 11.6 Å². The van der Waals surface area contributed by atoms with Crippen molar-refractivity contribution in [3.63, 3.8) is 0 Å². The van der Waals surface area contributed by atoms with Gasteiger partial charge in [-0.25, -0.2) is 9.97 Å². The van der Waals surface area contributed by atoms with Crippen LogP contribution in [0.25, 0.3) is 27.8 Å². The molecule has 0 aliphatic heterocycles. The van der Waals surface area contributed by atoms with E-state index < -0.39 is 0 Å². The molecule has 5 rings (SSSR count). The van der Waals surface area contributed by atoms with Crippen molar-refractivity contribution >= 4 is 33.5 Å². The van der Waals surface area contributed by atoms with Gasteiger partial charge in [0.15, 0.2) is 0 Å². The lowest BCUT2D eigenvalue weighted by Gasteiger charge is -2.06. The Hall–Kier alpha value is -4.13. The second kappa shape index (κ2) is 7.36. The third kappa shape index (κ3) is 3.26. The Labute approximate surface area is 172 Å². The van der Waals surface area contributed by atoms with E-state index in [0.717, 1.165) is 33.5 Å². The molecule has 5 aromatic rings. The lowest BCUT2D eigenvalue weighted by Crippen LogP contribution is -2.12. The van der Waals surface area contributed by atoms with Gasteiger partial charge in [-0.1, -0.05) is 12.1 Å². The van der Waals surface area contributed by atoms with Crippen LogP contribution in [0.15, 0.2) is 73.2 Å². The van der Waals surface area contributed by atoms with Gasteiger partial charge < -0.3 is 15.0 Å². The van der Waals surface area contributed by atoms with Gasteiger partial charge in [0.1, 0.15) is 23.6 Å². The Morgan fingerprint density at radius 3 is 2.83 bits per heavy atom. The molecule has 7 heteroatoms. The normalized spacial score (nSPS) is 11.1. The van der Waals surface area contributed by atoms with Crippen molar-refractivity contribution in [2.24, 2.45) is 0 Å². The van der Waals surface area contributed by atoms with Crippen LogP contribution in [0.4, 0.5) is 5.69 Å². The number of imidazole rings is 1. The molecular formula is C23H19N5O2. The highest BCUT2D eigenvalue weighted by Gasteiger charge is 2.11. The van der Waals surface area contributed by atoms with Crippen LogP contribution in [0.3, 0.4) is 0 Å². The lowest BCUT2D eigenvalue weighted by molar-refractivity contribution is 0.102. The van der Waals surface area contributed by atoms with E-state index in [-0.39, 0.29) is 5.91 Å². The number of hydrogen-bond acceptors (Lipinski definition) is 4. The molecular weight excluding hydrogens is 378 g/mol. The highest BCUT2D eigenvalue weighted by Crippen LogP contribution is 2.22. The van der Waals surface area contributed by atoms with Crippen LogP contribution < -0.4 is 10.1 Å². The smallest absolute Gasteiger partial charge is 0.272 e. The quantitative estimate of drug-likeness (QED) is 0.456. The first kappa shape index (κ1) is 17.9. The van der Waals surface area contributed by atoms with E-state index in [0.29, 0.717) is 18.0 Å². The molecule has 2 N–H and O–H groups in total. The van der Waals surface area contributed by atoms with Crippen molar-refractivity contribution in [1.82, 2.24) is 19.5 Å². The molecule has 0 bridgehead atoms. The van der Waals surface area contributed by atoms with Crippen LogP contribution in [0.5, 0.6) is 5.75 Å². The SMILES string of the molecule is CCOc1ccc2cc(C(=O)Nc3ccc(-n4cnc5ccccc54)nc3)[nH]c2c1. The highest BCUT2D eigenvalue weighted by atomic mass is 16.5. The fraction of sp³-hybridized carbons (Fsp3) is 0.0870. The molecule has 2 aromatic carbocycles. The fourth-order valence-electron chi connectivity index (χ4n) is 3.43. The number of fused-ring (bicyclic) bond motifs is 2. The number of carbonyl (C=O) groups excluding carboxylic acids is 1. The highest BCUT2D eigenvalue weighted by molar-refractivity contribution is 6.06. The molecule has 3 heterocycles. The maximum Gasteiger partial charge on any atom is 0.272 e. The van der Waals surface area contributed by atoms with Crippen LogP contribution in [0.2, 0.25) is 0 Å². The van der Waals surface area contributed by atoms with E-state index in [4.69, 9.17) is 4.74 Å². The van der Waals surface area contributed by atoms with Crippen molar-refractivity contribution < 1.29 is 9.53 Å². The van der Waals surface area contributed by atoms with Gasteiger partial charge >= 0.3 is 0 Å². The van der Waals surface area contributed by atoms with E-state index in [1.165, 1.54) is 0 Å². The number of rotatable bonds is 5. The first-order chi connectivity index (χ1) is 14.7. The molecule has 0 aliphatic carbocycles. The van der Waals surface area contributed by atoms with Crippen LogP contribution in [0, 0.1) is 0 Å². The predicted molar refractivity (Wildman–Crippen MR) is 116 cm³/mol. The third-order valence-corrected chi connectivity index (χ3v) is 4.86. The Morgan fingerprint density at radius 1 is 1.10 bits per heavy atom. The summed E-state index contributed by atoms with van der Waals surface area (Å²) in [4.78, 5) is 24.7. The maximum atomic E-state index is 12.7. The van der Waals surface area contributed by atoms with Gasteiger partial charge in [-0.05, 0) is 49.4 Å². The second-order valence-corrected chi connectivity index (χ2v) is 6.83. The minimum Gasteiger partial charge on any atom is -0.494 e. The monoisotopic (exact) mass is 397 g/mol. The summed E-state index contributed by atoms with van der Waals surface area (Å²) < 4.78 is 7.42. The number of nitrogens with one attached hydrogen (secondary N) is 2. The van der Waals surface area contributed by atoms with Gasteiger partial charge in [0.05, 0.1) is 29.5 Å². The number of pyridine rings is 1. The third-order valence-electron chi connectivity index (χ3n) is 4.86. The van der Waals surface area contributed by atoms with E-state index in [2.05, 4.69) is 20.3 Å². The van der Waals surface area contributed by atoms with E-state index in [1.807, 2.05) is 72.2 Å². The van der Waals surface area contributed by atoms with Crippen molar-refractivity contribution in [1.29, 1.82) is 0 Å². The van der Waals surface area contributed by atoms with Crippen LogP contribution >= 0.6 is 0 Å². The Kier molecular flexibility index (Phi) is 4.40. The van der Waals surface area contributed by atoms with Crippen LogP contribution in [0.1, 0.15) is 17.4 Å². The van der Waals surface area contributed by atoms with Gasteiger partial charge in [0.25, 0.3) is 5.91 Å². The Bertz CT molecular complexity index is 1350. The minimum absolute atomic E-state index is 0.230. The molecule has 3 aromatic heterocycles. The number of ether oxygens (including phenoxy) is 1. The topological polar surface area (TPSA) is 84.8 Å². The zero-order valence-electron chi connectivity index (χ0n) is 16.3. The molecule has 7 nitrogen and oxygen atoms in total. The molecule has 0 radical (unpaired) electrons. The van der Waals surface area contributed by atoms with Gasteiger partial charge in [-0.2, -0.15) is 0 Å². The molecule has 0 saturated carbocycles. The van der Waals surface area contributed by atoms with E-state index in [9.17, 15) is 4.79 Å². The summed E-state index contributed by atoms with van der Waals surface area (Å²) in [7, 11) is 0. The fourth-order valence-corrected chi connectivity index (χ4v) is 3.43. The standard InChI is InChI=1S/C23H19N5O2/c1-2-30-17-9-7-15-11-20(27-19(15)12-17)23(29)26-16-8-10-22(24-13-16)28-14-25-18-5-3-4-6-21(18)28/h3-14,27H,2H2,1H3,(H,26,29). The summed E-state index contributed by atoms with van der Waals surface area (Å²) >= 11 is 0. The molecule has 0 saturated heterocycles. The molecule has 0 spiro atoms. The molecule has 30 heavy (non-hydrogen) atoms. The number of carbonyl (C=O) groups is 1. The minimum atomic E-state index is -0.230. The summed E-state index contributed by atoms with van der Waals surface area (Å²) in [5.41, 5.74) is 3.82. The average Bonchev–Trinajstić information content (AvgIpc) is 3.39. The predicted octanol–water partition coefficient (Wildman–Crippen LogP) is 4.55. The number of benzene rings is 2. The number of aromatic amines is 1. The first-order valence-electron chi connectivity index (χ1n) is 9.67.